The summed E-state index contributed by atoms with van der Waals surface area (Å²) in [4.78, 5) is 10.5. The summed E-state index contributed by atoms with van der Waals surface area (Å²) in [6, 6.07) is 1.69. The van der Waals surface area contributed by atoms with Crippen molar-refractivity contribution in [3.63, 3.8) is 0 Å². The molecule has 0 aliphatic carbocycles. The second-order valence-corrected chi connectivity index (χ2v) is 3.23. The molecule has 0 saturated carbocycles. The average molecular weight is 194 g/mol. The first-order valence-corrected chi connectivity index (χ1v) is 4.77. The van der Waals surface area contributed by atoms with E-state index in [4.69, 9.17) is 10.5 Å². The van der Waals surface area contributed by atoms with E-state index in [1.54, 1.807) is 12.3 Å². The Bertz CT molecular complexity index is 297. The molecule has 0 amide bonds. The van der Waals surface area contributed by atoms with E-state index < -0.39 is 0 Å². The van der Waals surface area contributed by atoms with Crippen LogP contribution in [0.5, 0.6) is 0 Å². The highest BCUT2D eigenvalue weighted by atomic mass is 16.5. The molecule has 1 aliphatic rings. The van der Waals surface area contributed by atoms with E-state index in [9.17, 15) is 0 Å². The van der Waals surface area contributed by atoms with Gasteiger partial charge in [0, 0.05) is 25.9 Å². The largest absolute Gasteiger partial charge is 0.384 e. The summed E-state index contributed by atoms with van der Waals surface area (Å²) in [5, 5.41) is 0. The van der Waals surface area contributed by atoms with Crippen LogP contribution in [0.3, 0.4) is 0 Å². The van der Waals surface area contributed by atoms with Gasteiger partial charge < -0.3 is 15.4 Å². The Morgan fingerprint density at radius 1 is 1.36 bits per heavy atom. The number of nitrogens with two attached hydrogens (primary N) is 1. The van der Waals surface area contributed by atoms with E-state index in [1.807, 2.05) is 0 Å². The number of nitrogen functional groups attached to an aromatic ring is 1. The van der Waals surface area contributed by atoms with Crippen LogP contribution >= 0.6 is 0 Å². The van der Waals surface area contributed by atoms with Gasteiger partial charge in [-0.2, -0.15) is 4.98 Å². The summed E-state index contributed by atoms with van der Waals surface area (Å²) in [7, 11) is 0. The first-order valence-electron chi connectivity index (χ1n) is 4.77. The Morgan fingerprint density at radius 3 is 3.14 bits per heavy atom. The van der Waals surface area contributed by atoms with Gasteiger partial charge in [0.25, 0.3) is 0 Å². The monoisotopic (exact) mass is 194 g/mol. The smallest absolute Gasteiger partial charge is 0.227 e. The second-order valence-electron chi connectivity index (χ2n) is 3.23. The van der Waals surface area contributed by atoms with E-state index in [0.717, 1.165) is 32.7 Å². The third-order valence-corrected chi connectivity index (χ3v) is 2.17. The highest BCUT2D eigenvalue weighted by Gasteiger charge is 2.11. The average Bonchev–Trinajstić information content (AvgIpc) is 2.45. The molecule has 76 valence electrons. The van der Waals surface area contributed by atoms with Gasteiger partial charge in [-0.05, 0) is 12.5 Å². The van der Waals surface area contributed by atoms with Crippen molar-refractivity contribution in [1.29, 1.82) is 0 Å². The predicted octanol–water partition coefficient (Wildman–Crippen LogP) is 0.285. The maximum absolute atomic E-state index is 5.60. The molecule has 2 N–H and O–H groups in total. The zero-order valence-electron chi connectivity index (χ0n) is 8.02. The van der Waals surface area contributed by atoms with Crippen molar-refractivity contribution in [1.82, 2.24) is 9.97 Å². The minimum atomic E-state index is 0.514. The van der Waals surface area contributed by atoms with Crippen LogP contribution in [-0.2, 0) is 4.74 Å². The lowest BCUT2D eigenvalue weighted by Gasteiger charge is -2.18. The zero-order chi connectivity index (χ0) is 9.80. The maximum Gasteiger partial charge on any atom is 0.227 e. The van der Waals surface area contributed by atoms with Crippen LogP contribution in [0.4, 0.5) is 11.8 Å². The van der Waals surface area contributed by atoms with Gasteiger partial charge in [0.05, 0.1) is 6.61 Å². The van der Waals surface area contributed by atoms with Gasteiger partial charge in [-0.15, -0.1) is 0 Å². The Hall–Kier alpha value is -1.36. The molecule has 1 aromatic rings. The summed E-state index contributed by atoms with van der Waals surface area (Å²) in [5.41, 5.74) is 5.60. The van der Waals surface area contributed by atoms with Crippen LogP contribution in [-0.4, -0.2) is 36.3 Å². The Labute approximate surface area is 82.9 Å². The number of aromatic nitrogens is 2. The molecule has 1 aliphatic heterocycles. The van der Waals surface area contributed by atoms with Crippen LogP contribution in [0.1, 0.15) is 6.42 Å². The fourth-order valence-electron chi connectivity index (χ4n) is 1.46. The number of hydrogen-bond acceptors (Lipinski definition) is 5. The van der Waals surface area contributed by atoms with Crippen molar-refractivity contribution in [3.8, 4) is 0 Å². The molecule has 5 heteroatoms. The number of hydrogen-bond donors (Lipinski definition) is 1. The molecule has 0 bridgehead atoms. The van der Waals surface area contributed by atoms with E-state index in [1.165, 1.54) is 0 Å². The number of ether oxygens (including phenoxy) is 1. The fraction of sp³-hybridized carbons (Fsp3) is 0.556. The van der Waals surface area contributed by atoms with Gasteiger partial charge in [-0.1, -0.05) is 0 Å². The number of rotatable bonds is 1. The highest BCUT2D eigenvalue weighted by molar-refractivity contribution is 5.37. The van der Waals surface area contributed by atoms with Gasteiger partial charge in [-0.25, -0.2) is 4.98 Å². The summed E-state index contributed by atoms with van der Waals surface area (Å²) in [6.07, 6.45) is 2.70. The zero-order valence-corrected chi connectivity index (χ0v) is 8.02. The van der Waals surface area contributed by atoms with Crippen molar-refractivity contribution in [3.05, 3.63) is 12.3 Å². The quantitative estimate of drug-likeness (QED) is 0.696. The SMILES string of the molecule is Nc1ccnc(N2CCCOCC2)n1. The molecule has 1 fully saturated rings. The minimum absolute atomic E-state index is 0.514. The molecule has 0 atom stereocenters. The molecule has 1 saturated heterocycles. The molecule has 5 nitrogen and oxygen atoms in total. The third kappa shape index (κ3) is 2.11. The molecule has 2 heterocycles. The van der Waals surface area contributed by atoms with Crippen molar-refractivity contribution >= 4 is 11.8 Å². The molecular formula is C9H14N4O. The molecule has 0 spiro atoms. The van der Waals surface area contributed by atoms with Crippen molar-refractivity contribution in [2.24, 2.45) is 0 Å². The molecule has 2 rings (SSSR count). The first-order chi connectivity index (χ1) is 6.86. The normalized spacial score (nSPS) is 17.9. The van der Waals surface area contributed by atoms with Gasteiger partial charge in [0.15, 0.2) is 0 Å². The predicted molar refractivity (Wildman–Crippen MR) is 54.1 cm³/mol. The number of anilines is 2. The summed E-state index contributed by atoms with van der Waals surface area (Å²) in [5.74, 6) is 1.22. The van der Waals surface area contributed by atoms with Gasteiger partial charge in [0.2, 0.25) is 5.95 Å². The van der Waals surface area contributed by atoms with Gasteiger partial charge >= 0.3 is 0 Å². The van der Waals surface area contributed by atoms with Crippen molar-refractivity contribution in [2.45, 2.75) is 6.42 Å². The third-order valence-electron chi connectivity index (χ3n) is 2.17. The minimum Gasteiger partial charge on any atom is -0.384 e. The van der Waals surface area contributed by atoms with Crippen LogP contribution in [0.15, 0.2) is 12.3 Å². The first kappa shape index (κ1) is 9.21. The Balaban J connectivity index is 2.12. The lowest BCUT2D eigenvalue weighted by molar-refractivity contribution is 0.152. The van der Waals surface area contributed by atoms with Crippen LogP contribution in [0.2, 0.25) is 0 Å². The maximum atomic E-state index is 5.60. The Morgan fingerprint density at radius 2 is 2.29 bits per heavy atom. The van der Waals surface area contributed by atoms with Crippen LogP contribution in [0, 0.1) is 0 Å². The van der Waals surface area contributed by atoms with E-state index in [2.05, 4.69) is 14.9 Å². The number of nitrogens with zero attached hydrogens (tertiary/aromatic N) is 3. The summed E-state index contributed by atoms with van der Waals surface area (Å²) >= 11 is 0. The van der Waals surface area contributed by atoms with Crippen molar-refractivity contribution in [2.75, 3.05) is 36.9 Å². The van der Waals surface area contributed by atoms with Gasteiger partial charge in [0.1, 0.15) is 5.82 Å². The topological polar surface area (TPSA) is 64.3 Å². The van der Waals surface area contributed by atoms with Crippen LogP contribution < -0.4 is 10.6 Å². The van der Waals surface area contributed by atoms with Crippen LogP contribution in [0.25, 0.3) is 0 Å². The molecule has 0 aromatic carbocycles. The lowest BCUT2D eigenvalue weighted by atomic mass is 10.4. The lowest BCUT2D eigenvalue weighted by Crippen LogP contribution is -2.27. The summed E-state index contributed by atoms with van der Waals surface area (Å²) in [6.45, 7) is 3.32. The summed E-state index contributed by atoms with van der Waals surface area (Å²) < 4.78 is 5.35. The highest BCUT2D eigenvalue weighted by Crippen LogP contribution is 2.10. The van der Waals surface area contributed by atoms with E-state index >= 15 is 0 Å². The standard InChI is InChI=1S/C9H14N4O/c10-8-2-3-11-9(12-8)13-4-1-6-14-7-5-13/h2-3H,1,4-7H2,(H2,10,11,12). The molecule has 1 aromatic heterocycles. The molecule has 0 radical (unpaired) electrons. The fourth-order valence-corrected chi connectivity index (χ4v) is 1.46. The molecular weight excluding hydrogens is 180 g/mol. The second kappa shape index (κ2) is 4.23. The molecule has 14 heavy (non-hydrogen) atoms. The van der Waals surface area contributed by atoms with E-state index in [-0.39, 0.29) is 0 Å². The van der Waals surface area contributed by atoms with E-state index in [0.29, 0.717) is 11.8 Å². The van der Waals surface area contributed by atoms with Gasteiger partial charge in [-0.3, -0.25) is 0 Å². The molecule has 0 unspecified atom stereocenters. The van der Waals surface area contributed by atoms with Crippen molar-refractivity contribution < 1.29 is 4.74 Å². The Kier molecular flexibility index (Phi) is 2.78.